The Labute approximate surface area is 100 Å². The van der Waals surface area contributed by atoms with Crippen LogP contribution in [0.4, 0.5) is 0 Å². The Balaban J connectivity index is 2.43. The highest BCUT2D eigenvalue weighted by Gasteiger charge is 2.05. The van der Waals surface area contributed by atoms with Crippen LogP contribution in [-0.2, 0) is 6.54 Å². The second kappa shape index (κ2) is 6.05. The summed E-state index contributed by atoms with van der Waals surface area (Å²) >= 11 is 0. The lowest BCUT2D eigenvalue weighted by atomic mass is 9.98. The highest BCUT2D eigenvalue weighted by atomic mass is 14.9. The molecular weight excluding hydrogens is 194 g/mol. The first-order valence-corrected chi connectivity index (χ1v) is 6.27. The zero-order valence-electron chi connectivity index (χ0n) is 11.3. The topological polar surface area (TPSA) is 12.0 Å². The van der Waals surface area contributed by atoms with Crippen molar-refractivity contribution in [3.63, 3.8) is 0 Å². The molecule has 0 spiro atoms. The predicted molar refractivity (Wildman–Crippen MR) is 71.6 cm³/mol. The van der Waals surface area contributed by atoms with Gasteiger partial charge < -0.3 is 5.32 Å². The first-order valence-electron chi connectivity index (χ1n) is 6.27. The number of hydrogen-bond acceptors (Lipinski definition) is 1. The number of aryl methyl sites for hydroxylation is 2. The van der Waals surface area contributed by atoms with E-state index in [2.05, 4.69) is 58.1 Å². The van der Waals surface area contributed by atoms with Crippen molar-refractivity contribution < 1.29 is 0 Å². The molecule has 0 radical (unpaired) electrons. The molecule has 0 heterocycles. The zero-order valence-corrected chi connectivity index (χ0v) is 11.3. The van der Waals surface area contributed by atoms with E-state index in [9.17, 15) is 0 Å². The molecule has 0 saturated heterocycles. The Morgan fingerprint density at radius 3 is 2.06 bits per heavy atom. The van der Waals surface area contributed by atoms with E-state index in [0.29, 0.717) is 0 Å². The molecule has 90 valence electrons. The van der Waals surface area contributed by atoms with Gasteiger partial charge in [-0.25, -0.2) is 0 Å². The van der Waals surface area contributed by atoms with Crippen LogP contribution in [0.3, 0.4) is 0 Å². The van der Waals surface area contributed by atoms with Crippen LogP contribution in [0.5, 0.6) is 0 Å². The molecular formula is C15H25N. The molecule has 1 heteroatoms. The minimum absolute atomic E-state index is 0.742. The van der Waals surface area contributed by atoms with Gasteiger partial charge in [0.05, 0.1) is 0 Å². The zero-order chi connectivity index (χ0) is 12.1. The first kappa shape index (κ1) is 13.2. The largest absolute Gasteiger partial charge is 0.312 e. The lowest BCUT2D eigenvalue weighted by Crippen LogP contribution is -2.23. The molecule has 1 aromatic rings. The molecule has 1 nitrogen and oxygen atoms in total. The van der Waals surface area contributed by atoms with Gasteiger partial charge in [-0.3, -0.25) is 0 Å². The van der Waals surface area contributed by atoms with Crippen molar-refractivity contribution in [1.29, 1.82) is 0 Å². The molecule has 1 N–H and O–H groups in total. The summed E-state index contributed by atoms with van der Waals surface area (Å²) in [4.78, 5) is 0. The van der Waals surface area contributed by atoms with Gasteiger partial charge in [-0.2, -0.15) is 0 Å². The summed E-state index contributed by atoms with van der Waals surface area (Å²) < 4.78 is 0. The van der Waals surface area contributed by atoms with E-state index >= 15 is 0 Å². The van der Waals surface area contributed by atoms with Crippen LogP contribution in [0.1, 0.15) is 37.5 Å². The fourth-order valence-electron chi connectivity index (χ4n) is 1.85. The van der Waals surface area contributed by atoms with Crippen molar-refractivity contribution in [3.8, 4) is 0 Å². The second-order valence-electron chi connectivity index (χ2n) is 5.35. The van der Waals surface area contributed by atoms with E-state index in [-0.39, 0.29) is 0 Å². The number of nitrogens with one attached hydrogen (secondary N) is 1. The van der Waals surface area contributed by atoms with Gasteiger partial charge in [0.15, 0.2) is 0 Å². The normalized spacial score (nSPS) is 13.1. The molecule has 16 heavy (non-hydrogen) atoms. The summed E-state index contributed by atoms with van der Waals surface area (Å²) in [5, 5.41) is 3.54. The average Bonchev–Trinajstić information content (AvgIpc) is 2.15. The molecule has 0 saturated carbocycles. The van der Waals surface area contributed by atoms with Crippen molar-refractivity contribution in [2.45, 2.75) is 41.2 Å². The highest BCUT2D eigenvalue weighted by Crippen LogP contribution is 2.10. The molecule has 0 aliphatic heterocycles. The van der Waals surface area contributed by atoms with Crippen molar-refractivity contribution in [3.05, 3.63) is 34.9 Å². The summed E-state index contributed by atoms with van der Waals surface area (Å²) in [7, 11) is 0. The predicted octanol–water partition coefficient (Wildman–Crippen LogP) is 3.69. The molecule has 1 aromatic carbocycles. The third-order valence-electron chi connectivity index (χ3n) is 3.21. The van der Waals surface area contributed by atoms with Gasteiger partial charge in [-0.05, 0) is 37.8 Å². The Bertz CT molecular complexity index is 308. The maximum absolute atomic E-state index is 3.54. The van der Waals surface area contributed by atoms with E-state index in [1.165, 1.54) is 16.7 Å². The van der Waals surface area contributed by atoms with E-state index in [0.717, 1.165) is 24.9 Å². The van der Waals surface area contributed by atoms with Gasteiger partial charge in [0, 0.05) is 6.54 Å². The molecule has 0 aliphatic carbocycles. The molecule has 0 aromatic heterocycles. The molecule has 1 rings (SSSR count). The number of benzene rings is 1. The first-order chi connectivity index (χ1) is 7.49. The van der Waals surface area contributed by atoms with Crippen molar-refractivity contribution in [2.24, 2.45) is 11.8 Å². The third-order valence-corrected chi connectivity index (χ3v) is 3.21. The van der Waals surface area contributed by atoms with Crippen molar-refractivity contribution in [1.82, 2.24) is 5.32 Å². The van der Waals surface area contributed by atoms with Gasteiger partial charge in [0.25, 0.3) is 0 Å². The van der Waals surface area contributed by atoms with Crippen LogP contribution < -0.4 is 5.32 Å². The molecule has 0 amide bonds. The Hall–Kier alpha value is -0.820. The molecule has 0 fully saturated rings. The van der Waals surface area contributed by atoms with E-state index < -0.39 is 0 Å². The van der Waals surface area contributed by atoms with Crippen LogP contribution in [0.15, 0.2) is 18.2 Å². The maximum Gasteiger partial charge on any atom is 0.0205 e. The average molecular weight is 219 g/mol. The quantitative estimate of drug-likeness (QED) is 0.796. The maximum atomic E-state index is 3.54. The van der Waals surface area contributed by atoms with Gasteiger partial charge >= 0.3 is 0 Å². The molecule has 0 aliphatic rings. The smallest absolute Gasteiger partial charge is 0.0205 e. The summed E-state index contributed by atoms with van der Waals surface area (Å²) in [6, 6.07) is 6.75. The summed E-state index contributed by atoms with van der Waals surface area (Å²) in [5.41, 5.74) is 4.11. The van der Waals surface area contributed by atoms with E-state index in [1.54, 1.807) is 0 Å². The van der Waals surface area contributed by atoms with Crippen molar-refractivity contribution in [2.75, 3.05) is 6.54 Å². The Morgan fingerprint density at radius 2 is 1.56 bits per heavy atom. The Morgan fingerprint density at radius 1 is 1.00 bits per heavy atom. The monoisotopic (exact) mass is 219 g/mol. The summed E-state index contributed by atoms with van der Waals surface area (Å²) in [5.74, 6) is 1.50. The SMILES string of the molecule is Cc1cc(C)cc(CNC[C@@H](C)C(C)C)c1. The van der Waals surface area contributed by atoms with E-state index in [4.69, 9.17) is 0 Å². The lowest BCUT2D eigenvalue weighted by molar-refractivity contribution is 0.392. The minimum atomic E-state index is 0.742. The third kappa shape index (κ3) is 4.36. The molecule has 0 bridgehead atoms. The fourth-order valence-corrected chi connectivity index (χ4v) is 1.85. The van der Waals surface area contributed by atoms with Crippen LogP contribution in [-0.4, -0.2) is 6.54 Å². The van der Waals surface area contributed by atoms with Gasteiger partial charge in [-0.15, -0.1) is 0 Å². The van der Waals surface area contributed by atoms with Crippen LogP contribution in [0, 0.1) is 25.7 Å². The van der Waals surface area contributed by atoms with Crippen molar-refractivity contribution >= 4 is 0 Å². The molecule has 0 unspecified atom stereocenters. The second-order valence-corrected chi connectivity index (χ2v) is 5.35. The summed E-state index contributed by atoms with van der Waals surface area (Å²) in [6.07, 6.45) is 0. The van der Waals surface area contributed by atoms with Crippen LogP contribution in [0.25, 0.3) is 0 Å². The number of rotatable bonds is 5. The van der Waals surface area contributed by atoms with Gasteiger partial charge in [0.2, 0.25) is 0 Å². The molecule has 1 atom stereocenters. The van der Waals surface area contributed by atoms with Gasteiger partial charge in [-0.1, -0.05) is 50.1 Å². The fraction of sp³-hybridized carbons (Fsp3) is 0.600. The summed E-state index contributed by atoms with van der Waals surface area (Å²) in [6.45, 7) is 13.3. The standard InChI is InChI=1S/C15H25N/c1-11(2)14(5)9-16-10-15-7-12(3)6-13(4)8-15/h6-8,11,14,16H,9-10H2,1-5H3/t14-/m1/s1. The van der Waals surface area contributed by atoms with E-state index in [1.807, 2.05) is 0 Å². The minimum Gasteiger partial charge on any atom is -0.312 e. The highest BCUT2D eigenvalue weighted by molar-refractivity contribution is 5.28. The lowest BCUT2D eigenvalue weighted by Gasteiger charge is -2.16. The van der Waals surface area contributed by atoms with Crippen LogP contribution in [0.2, 0.25) is 0 Å². The van der Waals surface area contributed by atoms with Crippen LogP contribution >= 0.6 is 0 Å². The van der Waals surface area contributed by atoms with Gasteiger partial charge in [0.1, 0.15) is 0 Å². The Kier molecular flexibility index (Phi) is 5.01. The number of hydrogen-bond donors (Lipinski definition) is 1.